The minimum Gasteiger partial charge on any atom is -0.345 e. The predicted octanol–water partition coefficient (Wildman–Crippen LogP) is 2.99. The Kier molecular flexibility index (Phi) is 7.06. The van der Waals surface area contributed by atoms with Crippen molar-refractivity contribution in [2.24, 2.45) is 0 Å². The van der Waals surface area contributed by atoms with Crippen LogP contribution in [0.2, 0.25) is 0 Å². The monoisotopic (exact) mass is 276 g/mol. The molecule has 1 aromatic rings. The molecule has 1 aromatic carbocycles. The quantitative estimate of drug-likeness (QED) is 0.719. The fourth-order valence-electron chi connectivity index (χ4n) is 1.68. The van der Waals surface area contributed by atoms with Crippen LogP contribution in [0.3, 0.4) is 0 Å². The molecule has 1 rings (SSSR count). The van der Waals surface area contributed by atoms with Crippen molar-refractivity contribution in [2.75, 3.05) is 19.3 Å². The van der Waals surface area contributed by atoms with Gasteiger partial charge < -0.3 is 4.90 Å². The summed E-state index contributed by atoms with van der Waals surface area (Å²) in [5, 5.41) is 8.47. The molecule has 0 aliphatic carbocycles. The molecule has 102 valence electrons. The molecule has 1 amide bonds. The molecular formula is C15H20N2OS. The normalized spacial score (nSPS) is 9.95. The topological polar surface area (TPSA) is 44.1 Å². The number of amides is 1. The number of hydrogen-bond donors (Lipinski definition) is 0. The molecular weight excluding hydrogens is 256 g/mol. The third-order valence-corrected chi connectivity index (χ3v) is 3.83. The summed E-state index contributed by atoms with van der Waals surface area (Å²) >= 11 is 1.77. The molecule has 0 radical (unpaired) electrons. The van der Waals surface area contributed by atoms with E-state index in [2.05, 4.69) is 31.2 Å². The van der Waals surface area contributed by atoms with E-state index in [1.807, 2.05) is 6.07 Å². The molecule has 0 spiro atoms. The smallest absolute Gasteiger partial charge is 0.223 e. The van der Waals surface area contributed by atoms with Gasteiger partial charge >= 0.3 is 0 Å². The lowest BCUT2D eigenvalue weighted by atomic mass is 10.2. The average molecular weight is 276 g/mol. The summed E-state index contributed by atoms with van der Waals surface area (Å²) in [6.07, 6.45) is 0.942. The zero-order chi connectivity index (χ0) is 14.1. The van der Waals surface area contributed by atoms with Gasteiger partial charge in [0.1, 0.15) is 0 Å². The minimum atomic E-state index is 0.118. The molecule has 0 aliphatic heterocycles. The van der Waals surface area contributed by atoms with E-state index in [9.17, 15) is 4.79 Å². The maximum Gasteiger partial charge on any atom is 0.223 e. The van der Waals surface area contributed by atoms with Gasteiger partial charge in [0.15, 0.2) is 0 Å². The Morgan fingerprint density at radius 3 is 2.95 bits per heavy atom. The van der Waals surface area contributed by atoms with E-state index in [1.54, 1.807) is 23.7 Å². The highest BCUT2D eigenvalue weighted by atomic mass is 32.2. The van der Waals surface area contributed by atoms with Crippen LogP contribution >= 0.6 is 11.8 Å². The number of nitrogens with zero attached hydrogens (tertiary/aromatic N) is 2. The fourth-order valence-corrected chi connectivity index (χ4v) is 2.56. The van der Waals surface area contributed by atoms with E-state index >= 15 is 0 Å². The summed E-state index contributed by atoms with van der Waals surface area (Å²) in [7, 11) is 1.75. The number of carbonyl (C=O) groups excluding carboxylic acids is 1. The Labute approximate surface area is 119 Å². The van der Waals surface area contributed by atoms with Gasteiger partial charge in [-0.25, -0.2) is 0 Å². The van der Waals surface area contributed by atoms with Crippen molar-refractivity contribution in [3.8, 4) is 6.07 Å². The number of nitriles is 1. The summed E-state index contributed by atoms with van der Waals surface area (Å²) in [6.45, 7) is 2.61. The second kappa shape index (κ2) is 8.60. The molecule has 0 N–H and O–H groups in total. The third kappa shape index (κ3) is 6.30. The molecule has 0 saturated carbocycles. The zero-order valence-electron chi connectivity index (χ0n) is 11.6. The summed E-state index contributed by atoms with van der Waals surface area (Å²) < 4.78 is 0. The van der Waals surface area contributed by atoms with Gasteiger partial charge in [-0.1, -0.05) is 29.8 Å². The Bertz CT molecular complexity index is 454. The number of carbonyl (C=O) groups is 1. The van der Waals surface area contributed by atoms with Gasteiger partial charge in [0, 0.05) is 31.5 Å². The Morgan fingerprint density at radius 1 is 1.47 bits per heavy atom. The summed E-state index contributed by atoms with van der Waals surface area (Å²) in [6, 6.07) is 10.5. The Hall–Kier alpha value is -1.47. The van der Waals surface area contributed by atoms with E-state index in [0.717, 1.165) is 11.5 Å². The lowest BCUT2D eigenvalue weighted by molar-refractivity contribution is -0.129. The summed E-state index contributed by atoms with van der Waals surface area (Å²) in [4.78, 5) is 13.4. The van der Waals surface area contributed by atoms with Crippen molar-refractivity contribution < 1.29 is 4.79 Å². The molecule has 0 unspecified atom stereocenters. The van der Waals surface area contributed by atoms with Crippen LogP contribution in [0.1, 0.15) is 24.0 Å². The highest BCUT2D eigenvalue weighted by Crippen LogP contribution is 2.14. The van der Waals surface area contributed by atoms with Crippen molar-refractivity contribution in [2.45, 2.75) is 25.5 Å². The van der Waals surface area contributed by atoms with Crippen molar-refractivity contribution in [1.82, 2.24) is 4.90 Å². The first-order valence-electron chi connectivity index (χ1n) is 6.37. The minimum absolute atomic E-state index is 0.118. The molecule has 0 bridgehead atoms. The zero-order valence-corrected chi connectivity index (χ0v) is 12.4. The van der Waals surface area contributed by atoms with Crippen molar-refractivity contribution in [3.05, 3.63) is 35.4 Å². The Balaban J connectivity index is 2.20. The molecule has 0 fully saturated rings. The van der Waals surface area contributed by atoms with Crippen molar-refractivity contribution in [3.63, 3.8) is 0 Å². The molecule has 4 heteroatoms. The first-order chi connectivity index (χ1) is 9.13. The number of benzene rings is 1. The maximum atomic E-state index is 11.7. The summed E-state index contributed by atoms with van der Waals surface area (Å²) in [5.41, 5.74) is 2.57. The number of thioether (sulfide) groups is 1. The number of hydrogen-bond acceptors (Lipinski definition) is 3. The van der Waals surface area contributed by atoms with Crippen LogP contribution in [0, 0.1) is 18.3 Å². The van der Waals surface area contributed by atoms with Gasteiger partial charge in [-0.3, -0.25) is 4.79 Å². The lowest BCUT2D eigenvalue weighted by Crippen LogP contribution is -2.27. The molecule has 3 nitrogen and oxygen atoms in total. The van der Waals surface area contributed by atoms with Gasteiger partial charge in [0.05, 0.1) is 12.5 Å². The first kappa shape index (κ1) is 15.6. The molecule has 0 atom stereocenters. The van der Waals surface area contributed by atoms with Gasteiger partial charge in [0.25, 0.3) is 0 Å². The van der Waals surface area contributed by atoms with E-state index in [-0.39, 0.29) is 5.91 Å². The van der Waals surface area contributed by atoms with E-state index in [1.165, 1.54) is 11.1 Å². The van der Waals surface area contributed by atoms with Gasteiger partial charge in [-0.15, -0.1) is 0 Å². The van der Waals surface area contributed by atoms with Crippen LogP contribution < -0.4 is 0 Å². The predicted molar refractivity (Wildman–Crippen MR) is 79.8 cm³/mol. The van der Waals surface area contributed by atoms with Gasteiger partial charge in [0.2, 0.25) is 5.91 Å². The fraction of sp³-hybridized carbons (Fsp3) is 0.467. The van der Waals surface area contributed by atoms with Gasteiger partial charge in [-0.05, 0) is 12.5 Å². The standard InChI is InChI=1S/C15H20N2OS/c1-13-5-3-6-14(11-13)12-19-10-7-15(18)17(2)9-4-8-16/h3,5-6,11H,4,7,9-10,12H2,1-2H3. The second-order valence-electron chi connectivity index (χ2n) is 4.52. The molecule has 0 aliphatic rings. The average Bonchev–Trinajstić information content (AvgIpc) is 2.40. The van der Waals surface area contributed by atoms with Crippen molar-refractivity contribution >= 4 is 17.7 Å². The maximum absolute atomic E-state index is 11.7. The van der Waals surface area contributed by atoms with Crippen LogP contribution in [0.4, 0.5) is 0 Å². The van der Waals surface area contributed by atoms with E-state index in [0.29, 0.717) is 19.4 Å². The van der Waals surface area contributed by atoms with E-state index < -0.39 is 0 Å². The van der Waals surface area contributed by atoms with Crippen LogP contribution in [0.25, 0.3) is 0 Å². The SMILES string of the molecule is Cc1cccc(CSCCC(=O)N(C)CCC#N)c1. The molecule has 0 saturated heterocycles. The lowest BCUT2D eigenvalue weighted by Gasteiger charge is -2.15. The van der Waals surface area contributed by atoms with Crippen LogP contribution in [-0.2, 0) is 10.5 Å². The summed E-state index contributed by atoms with van der Waals surface area (Å²) in [5.74, 6) is 1.88. The number of rotatable bonds is 7. The highest BCUT2D eigenvalue weighted by molar-refractivity contribution is 7.98. The molecule has 0 heterocycles. The Morgan fingerprint density at radius 2 is 2.26 bits per heavy atom. The van der Waals surface area contributed by atoms with Crippen LogP contribution in [0.5, 0.6) is 0 Å². The third-order valence-electron chi connectivity index (χ3n) is 2.80. The van der Waals surface area contributed by atoms with Gasteiger partial charge in [-0.2, -0.15) is 17.0 Å². The van der Waals surface area contributed by atoms with Crippen LogP contribution in [0.15, 0.2) is 24.3 Å². The van der Waals surface area contributed by atoms with Crippen LogP contribution in [-0.4, -0.2) is 30.2 Å². The largest absolute Gasteiger partial charge is 0.345 e. The second-order valence-corrected chi connectivity index (χ2v) is 5.62. The molecule has 19 heavy (non-hydrogen) atoms. The molecule has 0 aromatic heterocycles. The van der Waals surface area contributed by atoms with Crippen molar-refractivity contribution in [1.29, 1.82) is 5.26 Å². The number of aryl methyl sites for hydroxylation is 1. The highest BCUT2D eigenvalue weighted by Gasteiger charge is 2.07. The first-order valence-corrected chi connectivity index (χ1v) is 7.53. The van der Waals surface area contributed by atoms with E-state index in [4.69, 9.17) is 5.26 Å².